The number of aromatic nitrogens is 2. The van der Waals surface area contributed by atoms with Crippen LogP contribution in [0.3, 0.4) is 0 Å². The lowest BCUT2D eigenvalue weighted by atomic mass is 10.1. The molecule has 0 radical (unpaired) electrons. The van der Waals surface area contributed by atoms with Crippen LogP contribution >= 0.6 is 11.3 Å². The van der Waals surface area contributed by atoms with Gasteiger partial charge in [0.25, 0.3) is 5.91 Å². The van der Waals surface area contributed by atoms with E-state index in [-0.39, 0.29) is 5.91 Å². The fourth-order valence-corrected chi connectivity index (χ4v) is 2.99. The molecule has 0 aliphatic carbocycles. The smallest absolute Gasteiger partial charge is 0.267 e. The van der Waals surface area contributed by atoms with E-state index in [1.165, 1.54) is 0 Å². The summed E-state index contributed by atoms with van der Waals surface area (Å²) in [6.07, 6.45) is 1.64. The minimum atomic E-state index is -0.224. The van der Waals surface area contributed by atoms with Gasteiger partial charge in [0.1, 0.15) is 0 Å². The predicted octanol–water partition coefficient (Wildman–Crippen LogP) is 3.37. The highest BCUT2D eigenvalue weighted by molar-refractivity contribution is 7.11. The van der Waals surface area contributed by atoms with Crippen LogP contribution in [0.4, 0.5) is 0 Å². The predicted molar refractivity (Wildman–Crippen MR) is 96.6 cm³/mol. The van der Waals surface area contributed by atoms with E-state index in [0.29, 0.717) is 12.1 Å². The highest BCUT2D eigenvalue weighted by atomic mass is 32.1. The number of carbonyl (C=O) groups is 1. The van der Waals surface area contributed by atoms with Crippen molar-refractivity contribution in [3.8, 4) is 0 Å². The van der Waals surface area contributed by atoms with Crippen LogP contribution in [-0.2, 0) is 6.54 Å². The van der Waals surface area contributed by atoms with Gasteiger partial charge in [0, 0.05) is 16.1 Å². The van der Waals surface area contributed by atoms with Gasteiger partial charge in [-0.3, -0.25) is 9.48 Å². The Labute approximate surface area is 144 Å². The van der Waals surface area contributed by atoms with E-state index >= 15 is 0 Å². The molecule has 0 spiro atoms. The number of carbonyl (C=O) groups excluding carboxylic acids is 1. The Balaban J connectivity index is 1.68. The minimum Gasteiger partial charge on any atom is -0.267 e. The first kappa shape index (κ1) is 16.1. The van der Waals surface area contributed by atoms with E-state index in [1.54, 1.807) is 23.6 Å². The van der Waals surface area contributed by atoms with Gasteiger partial charge in [-0.15, -0.1) is 11.3 Å². The monoisotopic (exact) mass is 338 g/mol. The van der Waals surface area contributed by atoms with Gasteiger partial charge in [-0.05, 0) is 49.1 Å². The Kier molecular flexibility index (Phi) is 4.86. The van der Waals surface area contributed by atoms with Crippen molar-refractivity contribution in [3.05, 3.63) is 75.2 Å². The zero-order valence-electron chi connectivity index (χ0n) is 13.6. The van der Waals surface area contributed by atoms with Crippen LogP contribution < -0.4 is 5.43 Å². The van der Waals surface area contributed by atoms with Crippen LogP contribution in [0.5, 0.6) is 0 Å². The number of amides is 1. The molecule has 6 heteroatoms. The molecule has 0 unspecified atom stereocenters. The lowest BCUT2D eigenvalue weighted by molar-refractivity contribution is 0.0955. The zero-order chi connectivity index (χ0) is 16.9. The fraction of sp³-hybridized carbons (Fsp3) is 0.167. The average molecular weight is 338 g/mol. The molecule has 0 bridgehead atoms. The quantitative estimate of drug-likeness (QED) is 0.573. The Morgan fingerprint density at radius 1 is 1.29 bits per heavy atom. The third-order valence-electron chi connectivity index (χ3n) is 3.53. The molecule has 3 rings (SSSR count). The van der Waals surface area contributed by atoms with E-state index in [2.05, 4.69) is 15.6 Å². The SMILES string of the molecule is Cc1cc(C)n(Cc2cccc(C(=O)N/N=C\c3cccs3)c2)n1. The molecule has 0 fully saturated rings. The van der Waals surface area contributed by atoms with Gasteiger partial charge in [0.2, 0.25) is 0 Å². The molecule has 5 nitrogen and oxygen atoms in total. The second-order valence-corrected chi connectivity index (χ2v) is 6.48. The van der Waals surface area contributed by atoms with E-state index in [0.717, 1.165) is 21.8 Å². The van der Waals surface area contributed by atoms with E-state index in [1.807, 2.05) is 60.3 Å². The van der Waals surface area contributed by atoms with Gasteiger partial charge >= 0.3 is 0 Å². The number of nitrogens with zero attached hydrogens (tertiary/aromatic N) is 3. The second kappa shape index (κ2) is 7.23. The third kappa shape index (κ3) is 3.97. The van der Waals surface area contributed by atoms with Gasteiger partial charge in [-0.25, -0.2) is 5.43 Å². The van der Waals surface area contributed by atoms with Crippen molar-refractivity contribution in [3.63, 3.8) is 0 Å². The van der Waals surface area contributed by atoms with Crippen LogP contribution in [0.15, 0.2) is 52.9 Å². The average Bonchev–Trinajstić information content (AvgIpc) is 3.18. The maximum Gasteiger partial charge on any atom is 0.271 e. The van der Waals surface area contributed by atoms with E-state index in [9.17, 15) is 4.79 Å². The van der Waals surface area contributed by atoms with Crippen LogP contribution in [0.2, 0.25) is 0 Å². The molecule has 0 saturated heterocycles. The van der Waals surface area contributed by atoms with Gasteiger partial charge in [0.05, 0.1) is 18.5 Å². The summed E-state index contributed by atoms with van der Waals surface area (Å²) in [4.78, 5) is 13.2. The minimum absolute atomic E-state index is 0.224. The third-order valence-corrected chi connectivity index (χ3v) is 4.33. The van der Waals surface area contributed by atoms with Crippen molar-refractivity contribution in [1.29, 1.82) is 0 Å². The number of hydrogen-bond donors (Lipinski definition) is 1. The highest BCUT2D eigenvalue weighted by Crippen LogP contribution is 2.10. The molecule has 1 N–H and O–H groups in total. The lowest BCUT2D eigenvalue weighted by Gasteiger charge is -2.06. The molecule has 24 heavy (non-hydrogen) atoms. The zero-order valence-corrected chi connectivity index (χ0v) is 14.4. The normalized spacial score (nSPS) is 11.1. The summed E-state index contributed by atoms with van der Waals surface area (Å²) in [6, 6.07) is 13.4. The Morgan fingerprint density at radius 2 is 2.17 bits per heavy atom. The molecular weight excluding hydrogens is 320 g/mol. The topological polar surface area (TPSA) is 59.3 Å². The number of hydrazone groups is 1. The molecular formula is C18H18N4OS. The summed E-state index contributed by atoms with van der Waals surface area (Å²) in [5, 5.41) is 10.4. The maximum absolute atomic E-state index is 12.2. The molecule has 0 atom stereocenters. The molecule has 0 aliphatic heterocycles. The summed E-state index contributed by atoms with van der Waals surface area (Å²) in [5.74, 6) is -0.224. The fourth-order valence-electron chi connectivity index (χ4n) is 2.40. The van der Waals surface area contributed by atoms with Crippen LogP contribution in [0.1, 0.15) is 32.2 Å². The number of nitrogens with one attached hydrogen (secondary N) is 1. The molecule has 1 aromatic carbocycles. The van der Waals surface area contributed by atoms with Gasteiger partial charge < -0.3 is 0 Å². The molecule has 2 heterocycles. The Bertz CT molecular complexity index is 865. The Hall–Kier alpha value is -2.73. The number of aryl methyl sites for hydroxylation is 2. The summed E-state index contributed by atoms with van der Waals surface area (Å²) in [6.45, 7) is 4.63. The van der Waals surface area contributed by atoms with Crippen molar-refractivity contribution in [1.82, 2.24) is 15.2 Å². The molecule has 3 aromatic rings. The highest BCUT2D eigenvalue weighted by Gasteiger charge is 2.07. The largest absolute Gasteiger partial charge is 0.271 e. The van der Waals surface area contributed by atoms with E-state index < -0.39 is 0 Å². The molecule has 0 saturated carbocycles. The summed E-state index contributed by atoms with van der Waals surface area (Å²) in [7, 11) is 0. The van der Waals surface area contributed by atoms with Crippen molar-refractivity contribution >= 4 is 23.5 Å². The van der Waals surface area contributed by atoms with Gasteiger partial charge in [-0.2, -0.15) is 10.2 Å². The maximum atomic E-state index is 12.2. The molecule has 1 amide bonds. The van der Waals surface area contributed by atoms with Crippen molar-refractivity contribution in [2.24, 2.45) is 5.10 Å². The van der Waals surface area contributed by atoms with Gasteiger partial charge in [0.15, 0.2) is 0 Å². The standard InChI is InChI=1S/C18H18N4OS/c1-13-9-14(2)22(21-13)12-15-5-3-6-16(10-15)18(23)20-19-11-17-7-4-8-24-17/h3-11H,12H2,1-2H3,(H,20,23)/b19-11-. The van der Waals surface area contributed by atoms with Crippen molar-refractivity contribution in [2.75, 3.05) is 0 Å². The summed E-state index contributed by atoms with van der Waals surface area (Å²) >= 11 is 1.57. The van der Waals surface area contributed by atoms with Crippen molar-refractivity contribution in [2.45, 2.75) is 20.4 Å². The first-order valence-electron chi connectivity index (χ1n) is 7.59. The number of hydrogen-bond acceptors (Lipinski definition) is 4. The number of benzene rings is 1. The van der Waals surface area contributed by atoms with Crippen LogP contribution in [0.25, 0.3) is 0 Å². The van der Waals surface area contributed by atoms with Crippen LogP contribution in [-0.4, -0.2) is 21.9 Å². The molecule has 0 aliphatic rings. The number of rotatable bonds is 5. The molecule has 2 aromatic heterocycles. The van der Waals surface area contributed by atoms with Gasteiger partial charge in [-0.1, -0.05) is 18.2 Å². The van der Waals surface area contributed by atoms with E-state index in [4.69, 9.17) is 0 Å². The summed E-state index contributed by atoms with van der Waals surface area (Å²) < 4.78 is 1.93. The number of thiophene rings is 1. The molecule has 122 valence electrons. The first-order valence-corrected chi connectivity index (χ1v) is 8.47. The lowest BCUT2D eigenvalue weighted by Crippen LogP contribution is -2.18. The Morgan fingerprint density at radius 3 is 2.88 bits per heavy atom. The first-order chi connectivity index (χ1) is 11.6. The second-order valence-electron chi connectivity index (χ2n) is 5.50. The summed E-state index contributed by atoms with van der Waals surface area (Å²) in [5.41, 5.74) is 6.25. The van der Waals surface area contributed by atoms with Crippen molar-refractivity contribution < 1.29 is 4.79 Å². The van der Waals surface area contributed by atoms with Crippen LogP contribution in [0, 0.1) is 13.8 Å².